The Morgan fingerprint density at radius 3 is 2.28 bits per heavy atom. The summed E-state index contributed by atoms with van der Waals surface area (Å²) in [7, 11) is 0. The van der Waals surface area contributed by atoms with Crippen LogP contribution in [-0.4, -0.2) is 12.5 Å². The average molecular weight is 339 g/mol. The van der Waals surface area contributed by atoms with Gasteiger partial charge in [-0.1, -0.05) is 44.2 Å². The third kappa shape index (κ3) is 4.85. The number of para-hydroxylation sites is 1. The van der Waals surface area contributed by atoms with Crippen molar-refractivity contribution in [3.63, 3.8) is 0 Å². The second-order valence-corrected chi connectivity index (χ2v) is 7.06. The van der Waals surface area contributed by atoms with Crippen molar-refractivity contribution in [2.75, 3.05) is 6.61 Å². The maximum Gasteiger partial charge on any atom is 0.258 e. The van der Waals surface area contributed by atoms with Gasteiger partial charge in [-0.15, -0.1) is 0 Å². The quantitative estimate of drug-likeness (QED) is 0.805. The van der Waals surface area contributed by atoms with Crippen LogP contribution < -0.4 is 10.1 Å². The molecule has 3 heteroatoms. The Bertz CT molecular complexity index is 750. The molecule has 0 aliphatic carbocycles. The average Bonchev–Trinajstić information content (AvgIpc) is 2.56. The van der Waals surface area contributed by atoms with E-state index in [0.29, 0.717) is 5.92 Å². The van der Waals surface area contributed by atoms with Gasteiger partial charge in [0.15, 0.2) is 6.61 Å². The summed E-state index contributed by atoms with van der Waals surface area (Å²) in [5, 5.41) is 3.04. The van der Waals surface area contributed by atoms with Crippen LogP contribution >= 0.6 is 0 Å². The molecule has 1 N–H and O–H groups in total. The number of rotatable bonds is 6. The van der Waals surface area contributed by atoms with Crippen LogP contribution in [0.2, 0.25) is 0 Å². The third-order valence-corrected chi connectivity index (χ3v) is 4.63. The minimum atomic E-state index is -0.108. The molecule has 0 unspecified atom stereocenters. The maximum absolute atomic E-state index is 12.3. The van der Waals surface area contributed by atoms with E-state index < -0.39 is 0 Å². The molecule has 3 nitrogen and oxygen atoms in total. The molecule has 2 aromatic carbocycles. The van der Waals surface area contributed by atoms with Gasteiger partial charge < -0.3 is 10.1 Å². The van der Waals surface area contributed by atoms with Gasteiger partial charge in [-0.2, -0.15) is 0 Å². The molecule has 0 saturated carbocycles. The van der Waals surface area contributed by atoms with E-state index in [1.54, 1.807) is 0 Å². The molecule has 0 radical (unpaired) electrons. The van der Waals surface area contributed by atoms with Gasteiger partial charge in [0.2, 0.25) is 0 Å². The fourth-order valence-corrected chi connectivity index (χ4v) is 3.04. The van der Waals surface area contributed by atoms with Gasteiger partial charge in [0.1, 0.15) is 5.75 Å². The van der Waals surface area contributed by atoms with Crippen LogP contribution in [0.25, 0.3) is 0 Å². The maximum atomic E-state index is 12.3. The number of nitrogens with one attached hydrogen (secondary N) is 1. The molecular weight excluding hydrogens is 310 g/mol. The summed E-state index contributed by atoms with van der Waals surface area (Å²) in [6, 6.07) is 12.2. The van der Waals surface area contributed by atoms with Gasteiger partial charge in [0, 0.05) is 0 Å². The lowest BCUT2D eigenvalue weighted by Gasteiger charge is -2.19. The van der Waals surface area contributed by atoms with Crippen molar-refractivity contribution < 1.29 is 9.53 Å². The van der Waals surface area contributed by atoms with E-state index in [1.807, 2.05) is 31.2 Å². The molecule has 134 valence electrons. The van der Waals surface area contributed by atoms with Crippen LogP contribution in [-0.2, 0) is 4.79 Å². The van der Waals surface area contributed by atoms with Crippen LogP contribution in [0.1, 0.15) is 60.5 Å². The molecule has 0 aliphatic rings. The molecule has 2 rings (SSSR count). The summed E-state index contributed by atoms with van der Waals surface area (Å²) in [4.78, 5) is 12.3. The summed E-state index contributed by atoms with van der Waals surface area (Å²) >= 11 is 0. The Labute approximate surface area is 151 Å². The standard InChI is InChI=1S/C22H29NO2/c1-14(2)19-9-7-8-10-21(19)25-13-22(24)23-18(6)20-12-16(4)15(3)11-17(20)5/h7-12,14,18H,13H2,1-6H3,(H,23,24)/t18-/m1/s1. The van der Waals surface area contributed by atoms with E-state index in [9.17, 15) is 4.79 Å². The Morgan fingerprint density at radius 2 is 1.60 bits per heavy atom. The van der Waals surface area contributed by atoms with Gasteiger partial charge in [-0.05, 0) is 67.5 Å². The van der Waals surface area contributed by atoms with Crippen LogP contribution in [0.15, 0.2) is 36.4 Å². The Kier molecular flexibility index (Phi) is 6.24. The Hall–Kier alpha value is -2.29. The SMILES string of the molecule is Cc1cc(C)c([C@@H](C)NC(=O)COc2ccccc2C(C)C)cc1C. The predicted molar refractivity (Wildman–Crippen MR) is 103 cm³/mol. The van der Waals surface area contributed by atoms with Gasteiger partial charge in [0.05, 0.1) is 6.04 Å². The number of hydrogen-bond donors (Lipinski definition) is 1. The van der Waals surface area contributed by atoms with Gasteiger partial charge in [0.25, 0.3) is 5.91 Å². The number of hydrogen-bond acceptors (Lipinski definition) is 2. The number of carbonyl (C=O) groups is 1. The van der Waals surface area contributed by atoms with Crippen molar-refractivity contribution in [3.8, 4) is 5.75 Å². The van der Waals surface area contributed by atoms with E-state index in [0.717, 1.165) is 16.9 Å². The summed E-state index contributed by atoms with van der Waals surface area (Å²) < 4.78 is 5.76. The van der Waals surface area contributed by atoms with Crippen molar-refractivity contribution in [2.45, 2.75) is 53.5 Å². The molecule has 0 aliphatic heterocycles. The van der Waals surface area contributed by atoms with E-state index >= 15 is 0 Å². The molecule has 0 saturated heterocycles. The molecule has 0 fully saturated rings. The third-order valence-electron chi connectivity index (χ3n) is 4.63. The minimum absolute atomic E-state index is 0.0258. The monoisotopic (exact) mass is 339 g/mol. The first kappa shape index (κ1) is 19.0. The first-order chi connectivity index (χ1) is 11.8. The number of ether oxygens (including phenoxy) is 1. The van der Waals surface area contributed by atoms with Gasteiger partial charge in [-0.25, -0.2) is 0 Å². The predicted octanol–water partition coefficient (Wildman–Crippen LogP) is 4.99. The first-order valence-corrected chi connectivity index (χ1v) is 8.88. The molecule has 0 heterocycles. The number of carbonyl (C=O) groups excluding carboxylic acids is 1. The van der Waals surface area contributed by atoms with Gasteiger partial charge >= 0.3 is 0 Å². The van der Waals surface area contributed by atoms with Gasteiger partial charge in [-0.3, -0.25) is 4.79 Å². The lowest BCUT2D eigenvalue weighted by atomic mass is 9.96. The lowest BCUT2D eigenvalue weighted by molar-refractivity contribution is -0.123. The smallest absolute Gasteiger partial charge is 0.258 e. The largest absolute Gasteiger partial charge is 0.483 e. The van der Waals surface area contributed by atoms with Crippen LogP contribution in [0.3, 0.4) is 0 Å². The molecule has 0 spiro atoms. The van der Waals surface area contributed by atoms with Crippen molar-refractivity contribution in [3.05, 3.63) is 64.2 Å². The molecule has 2 aromatic rings. The highest BCUT2D eigenvalue weighted by Crippen LogP contribution is 2.26. The normalized spacial score (nSPS) is 12.1. The molecular formula is C22H29NO2. The second-order valence-electron chi connectivity index (χ2n) is 7.06. The number of amides is 1. The summed E-state index contributed by atoms with van der Waals surface area (Å²) in [5.41, 5.74) is 5.98. The fourth-order valence-electron chi connectivity index (χ4n) is 3.04. The molecule has 1 atom stereocenters. The Morgan fingerprint density at radius 1 is 0.960 bits per heavy atom. The fraction of sp³-hybridized carbons (Fsp3) is 0.409. The molecule has 0 bridgehead atoms. The van der Waals surface area contributed by atoms with Crippen molar-refractivity contribution in [1.82, 2.24) is 5.32 Å². The van der Waals surface area contributed by atoms with Crippen LogP contribution in [0.4, 0.5) is 0 Å². The first-order valence-electron chi connectivity index (χ1n) is 8.88. The van der Waals surface area contributed by atoms with Crippen LogP contribution in [0.5, 0.6) is 5.75 Å². The van der Waals surface area contributed by atoms with E-state index in [2.05, 4.69) is 52.1 Å². The number of benzene rings is 2. The zero-order valence-corrected chi connectivity index (χ0v) is 16.1. The highest BCUT2D eigenvalue weighted by Gasteiger charge is 2.14. The molecule has 0 aromatic heterocycles. The molecule has 25 heavy (non-hydrogen) atoms. The summed E-state index contributed by atoms with van der Waals surface area (Å²) in [6.07, 6.45) is 0. The highest BCUT2D eigenvalue weighted by atomic mass is 16.5. The zero-order chi connectivity index (χ0) is 18.6. The number of aryl methyl sites for hydroxylation is 3. The zero-order valence-electron chi connectivity index (χ0n) is 16.1. The van der Waals surface area contributed by atoms with E-state index in [-0.39, 0.29) is 18.6 Å². The second kappa shape index (κ2) is 8.19. The van der Waals surface area contributed by atoms with Crippen molar-refractivity contribution in [2.24, 2.45) is 0 Å². The van der Waals surface area contributed by atoms with Crippen molar-refractivity contribution >= 4 is 5.91 Å². The summed E-state index contributed by atoms with van der Waals surface area (Å²) in [6.45, 7) is 12.6. The topological polar surface area (TPSA) is 38.3 Å². The summed E-state index contributed by atoms with van der Waals surface area (Å²) in [5.74, 6) is 1.03. The van der Waals surface area contributed by atoms with E-state index in [4.69, 9.17) is 4.74 Å². The van der Waals surface area contributed by atoms with Crippen molar-refractivity contribution in [1.29, 1.82) is 0 Å². The minimum Gasteiger partial charge on any atom is -0.483 e. The lowest BCUT2D eigenvalue weighted by Crippen LogP contribution is -2.31. The molecule has 1 amide bonds. The van der Waals surface area contributed by atoms with E-state index in [1.165, 1.54) is 16.7 Å². The Balaban J connectivity index is 2.00. The van der Waals surface area contributed by atoms with Crippen LogP contribution in [0, 0.1) is 20.8 Å². The highest BCUT2D eigenvalue weighted by molar-refractivity contribution is 5.78.